The second kappa shape index (κ2) is 18.3. The molecule has 180 valence electrons. The van der Waals surface area contributed by atoms with E-state index < -0.39 is 11.8 Å². The number of unbranched alkanes of at least 4 members (excludes halogenated alkanes) is 10. The van der Waals surface area contributed by atoms with E-state index in [2.05, 4.69) is 20.8 Å². The van der Waals surface area contributed by atoms with E-state index in [1.807, 2.05) is 12.2 Å². The van der Waals surface area contributed by atoms with Crippen molar-refractivity contribution >= 4 is 11.9 Å². The molecule has 0 N–H and O–H groups in total. The highest BCUT2D eigenvalue weighted by Crippen LogP contribution is 2.28. The van der Waals surface area contributed by atoms with E-state index in [1.54, 1.807) is 0 Å². The highest BCUT2D eigenvalue weighted by Gasteiger charge is 2.36. The van der Waals surface area contributed by atoms with Gasteiger partial charge in [0.2, 0.25) is 0 Å². The molecule has 0 aromatic rings. The van der Waals surface area contributed by atoms with Crippen LogP contribution < -0.4 is 0 Å². The van der Waals surface area contributed by atoms with Crippen molar-refractivity contribution in [2.75, 3.05) is 13.2 Å². The Kier molecular flexibility index (Phi) is 16.3. The van der Waals surface area contributed by atoms with Crippen molar-refractivity contribution < 1.29 is 19.1 Å². The SMILES string of the molecule is CCCCCCCCCCCCCOC(=O)C1CC=CCC1C(=O)OCC(CC)CC. The molecule has 0 aromatic carbocycles. The number of hydrogen-bond acceptors (Lipinski definition) is 4. The smallest absolute Gasteiger partial charge is 0.310 e. The Morgan fingerprint density at radius 3 is 1.65 bits per heavy atom. The zero-order chi connectivity index (χ0) is 22.7. The minimum absolute atomic E-state index is 0.235. The summed E-state index contributed by atoms with van der Waals surface area (Å²) >= 11 is 0. The van der Waals surface area contributed by atoms with Gasteiger partial charge in [-0.05, 0) is 25.2 Å². The summed E-state index contributed by atoms with van der Waals surface area (Å²) in [6, 6.07) is 0. The molecule has 0 radical (unpaired) electrons. The maximum atomic E-state index is 12.6. The monoisotopic (exact) mass is 436 g/mol. The normalized spacial score (nSPS) is 18.3. The van der Waals surface area contributed by atoms with Crippen LogP contribution in [0.15, 0.2) is 12.2 Å². The van der Waals surface area contributed by atoms with E-state index in [9.17, 15) is 9.59 Å². The third-order valence-electron chi connectivity index (χ3n) is 6.65. The zero-order valence-corrected chi connectivity index (χ0v) is 20.5. The summed E-state index contributed by atoms with van der Waals surface area (Å²) in [5.41, 5.74) is 0. The first-order chi connectivity index (χ1) is 15.1. The van der Waals surface area contributed by atoms with E-state index in [-0.39, 0.29) is 11.9 Å². The van der Waals surface area contributed by atoms with Crippen LogP contribution in [0.5, 0.6) is 0 Å². The van der Waals surface area contributed by atoms with Crippen LogP contribution in [0.2, 0.25) is 0 Å². The van der Waals surface area contributed by atoms with E-state index >= 15 is 0 Å². The summed E-state index contributed by atoms with van der Waals surface area (Å²) in [5, 5.41) is 0. The second-order valence-corrected chi connectivity index (χ2v) is 9.17. The average Bonchev–Trinajstić information content (AvgIpc) is 2.80. The van der Waals surface area contributed by atoms with Gasteiger partial charge in [0.15, 0.2) is 0 Å². The third-order valence-corrected chi connectivity index (χ3v) is 6.65. The average molecular weight is 437 g/mol. The summed E-state index contributed by atoms with van der Waals surface area (Å²) in [5.74, 6) is -0.876. The van der Waals surface area contributed by atoms with Crippen molar-refractivity contribution in [1.29, 1.82) is 0 Å². The topological polar surface area (TPSA) is 52.6 Å². The van der Waals surface area contributed by atoms with E-state index in [4.69, 9.17) is 9.47 Å². The van der Waals surface area contributed by atoms with Gasteiger partial charge >= 0.3 is 11.9 Å². The lowest BCUT2D eigenvalue weighted by Gasteiger charge is -2.26. The summed E-state index contributed by atoms with van der Waals surface area (Å²) < 4.78 is 11.1. The van der Waals surface area contributed by atoms with Crippen molar-refractivity contribution in [3.63, 3.8) is 0 Å². The van der Waals surface area contributed by atoms with Crippen LogP contribution in [-0.4, -0.2) is 25.2 Å². The molecular weight excluding hydrogens is 388 g/mol. The van der Waals surface area contributed by atoms with Crippen molar-refractivity contribution in [2.24, 2.45) is 17.8 Å². The lowest BCUT2D eigenvalue weighted by atomic mass is 9.83. The van der Waals surface area contributed by atoms with Gasteiger partial charge in [-0.2, -0.15) is 0 Å². The molecule has 2 unspecified atom stereocenters. The zero-order valence-electron chi connectivity index (χ0n) is 20.5. The number of rotatable bonds is 18. The molecule has 0 saturated carbocycles. The molecule has 2 atom stereocenters. The largest absolute Gasteiger partial charge is 0.465 e. The fraction of sp³-hybridized carbons (Fsp3) is 0.852. The second-order valence-electron chi connectivity index (χ2n) is 9.17. The molecule has 0 fully saturated rings. The fourth-order valence-electron chi connectivity index (χ4n) is 4.21. The standard InChI is InChI=1S/C27H48O4/c1-4-7-8-9-10-11-12-13-14-15-18-21-30-26(28)24-19-16-17-20-25(24)27(29)31-22-23(5-2)6-3/h16-17,23-25H,4-15,18-22H2,1-3H3. The lowest BCUT2D eigenvalue weighted by molar-refractivity contribution is -0.161. The van der Waals surface area contributed by atoms with Gasteiger partial charge in [0.05, 0.1) is 25.0 Å². The summed E-state index contributed by atoms with van der Waals surface area (Å²) in [4.78, 5) is 25.1. The highest BCUT2D eigenvalue weighted by atomic mass is 16.5. The van der Waals surface area contributed by atoms with Crippen LogP contribution in [0.1, 0.15) is 117 Å². The van der Waals surface area contributed by atoms with Gasteiger partial charge in [-0.3, -0.25) is 9.59 Å². The van der Waals surface area contributed by atoms with E-state index in [0.29, 0.717) is 32.0 Å². The van der Waals surface area contributed by atoms with Gasteiger partial charge in [0, 0.05) is 0 Å². The molecule has 4 heteroatoms. The number of esters is 2. The molecule has 0 aliphatic heterocycles. The predicted octanol–water partition coefficient (Wildman–Crippen LogP) is 7.40. The maximum Gasteiger partial charge on any atom is 0.310 e. The van der Waals surface area contributed by atoms with E-state index in [1.165, 1.54) is 57.8 Å². The van der Waals surface area contributed by atoms with Gasteiger partial charge in [-0.15, -0.1) is 0 Å². The van der Waals surface area contributed by atoms with Gasteiger partial charge in [0.25, 0.3) is 0 Å². The first kappa shape index (κ1) is 27.7. The molecular formula is C27H48O4. The minimum Gasteiger partial charge on any atom is -0.465 e. The Morgan fingerprint density at radius 1 is 0.710 bits per heavy atom. The molecule has 0 amide bonds. The van der Waals surface area contributed by atoms with Crippen LogP contribution >= 0.6 is 0 Å². The Balaban J connectivity index is 2.17. The van der Waals surface area contributed by atoms with Crippen molar-refractivity contribution in [3.8, 4) is 0 Å². The molecule has 4 nitrogen and oxygen atoms in total. The first-order valence-corrected chi connectivity index (χ1v) is 13.1. The summed E-state index contributed by atoms with van der Waals surface area (Å²) in [6.45, 7) is 7.39. The quantitative estimate of drug-likeness (QED) is 0.128. The van der Waals surface area contributed by atoms with Crippen LogP contribution in [0.4, 0.5) is 0 Å². The van der Waals surface area contributed by atoms with Gasteiger partial charge in [0.1, 0.15) is 0 Å². The maximum absolute atomic E-state index is 12.6. The van der Waals surface area contributed by atoms with E-state index in [0.717, 1.165) is 25.7 Å². The number of hydrogen-bond donors (Lipinski definition) is 0. The van der Waals surface area contributed by atoms with Crippen LogP contribution in [0, 0.1) is 17.8 Å². The number of ether oxygens (including phenoxy) is 2. The Labute approximate surface area is 191 Å². The number of carbonyl (C=O) groups is 2. The first-order valence-electron chi connectivity index (χ1n) is 13.1. The molecule has 0 bridgehead atoms. The molecule has 0 saturated heterocycles. The lowest BCUT2D eigenvalue weighted by Crippen LogP contribution is -2.34. The predicted molar refractivity (Wildman–Crippen MR) is 128 cm³/mol. The van der Waals surface area contributed by atoms with Crippen LogP contribution in [0.25, 0.3) is 0 Å². The molecule has 31 heavy (non-hydrogen) atoms. The van der Waals surface area contributed by atoms with Crippen molar-refractivity contribution in [2.45, 2.75) is 117 Å². The Hall–Kier alpha value is -1.32. The molecule has 1 rings (SSSR count). The highest BCUT2D eigenvalue weighted by molar-refractivity contribution is 5.82. The molecule has 1 aliphatic rings. The summed E-state index contributed by atoms with van der Waals surface area (Å²) in [6.07, 6.45) is 21.1. The molecule has 0 spiro atoms. The number of allylic oxidation sites excluding steroid dienone is 2. The Morgan fingerprint density at radius 2 is 1.16 bits per heavy atom. The minimum atomic E-state index is -0.399. The number of carbonyl (C=O) groups excluding carboxylic acids is 2. The van der Waals surface area contributed by atoms with Crippen molar-refractivity contribution in [1.82, 2.24) is 0 Å². The molecule has 1 aliphatic carbocycles. The molecule has 0 aromatic heterocycles. The van der Waals surface area contributed by atoms with Gasteiger partial charge in [-0.1, -0.05) is 110 Å². The summed E-state index contributed by atoms with van der Waals surface area (Å²) in [7, 11) is 0. The van der Waals surface area contributed by atoms with Gasteiger partial charge < -0.3 is 9.47 Å². The Bertz CT molecular complexity index is 495. The van der Waals surface area contributed by atoms with Crippen LogP contribution in [0.3, 0.4) is 0 Å². The van der Waals surface area contributed by atoms with Gasteiger partial charge in [-0.25, -0.2) is 0 Å². The fourth-order valence-corrected chi connectivity index (χ4v) is 4.21. The molecule has 0 heterocycles. The third kappa shape index (κ3) is 12.3. The van der Waals surface area contributed by atoms with Crippen molar-refractivity contribution in [3.05, 3.63) is 12.2 Å². The van der Waals surface area contributed by atoms with Crippen LogP contribution in [-0.2, 0) is 19.1 Å².